The van der Waals surface area contributed by atoms with Crippen LogP contribution < -0.4 is 10.6 Å². The van der Waals surface area contributed by atoms with Crippen molar-refractivity contribution in [1.29, 1.82) is 0 Å². The van der Waals surface area contributed by atoms with Gasteiger partial charge in [0.15, 0.2) is 5.78 Å². The number of hydrogen-bond acceptors (Lipinski definition) is 5. The maximum absolute atomic E-state index is 12.4. The fourth-order valence-electron chi connectivity index (χ4n) is 2.22. The van der Waals surface area contributed by atoms with Gasteiger partial charge in [-0.05, 0) is 58.6 Å². The van der Waals surface area contributed by atoms with E-state index in [0.717, 1.165) is 19.3 Å². The summed E-state index contributed by atoms with van der Waals surface area (Å²) in [5.41, 5.74) is 0.162. The second-order valence-electron chi connectivity index (χ2n) is 7.13. The second kappa shape index (κ2) is 8.13. The number of nitrogens with one attached hydrogen (secondary N) is 2. The number of ether oxygens (including phenoxy) is 1. The van der Waals surface area contributed by atoms with Crippen molar-refractivity contribution < 1.29 is 14.3 Å². The zero-order valence-electron chi connectivity index (χ0n) is 14.7. The van der Waals surface area contributed by atoms with Crippen LogP contribution in [0.1, 0.15) is 63.2 Å². The lowest BCUT2D eigenvalue weighted by Crippen LogP contribution is -2.33. The number of pyridine rings is 1. The SMILES string of the molecule is CC(C)(C)OC(=O)NCCCCC(=O)c1cccnc1NC1CC1. The van der Waals surface area contributed by atoms with Crippen LogP contribution >= 0.6 is 0 Å². The first kappa shape index (κ1) is 18.2. The number of carbonyl (C=O) groups excluding carboxylic acids is 2. The maximum Gasteiger partial charge on any atom is 0.407 e. The molecule has 6 nitrogen and oxygen atoms in total. The summed E-state index contributed by atoms with van der Waals surface area (Å²) in [4.78, 5) is 28.1. The molecule has 1 aliphatic carbocycles. The van der Waals surface area contributed by atoms with Crippen LogP contribution in [0, 0.1) is 0 Å². The molecule has 6 heteroatoms. The molecule has 1 aromatic heterocycles. The molecule has 24 heavy (non-hydrogen) atoms. The molecule has 1 amide bonds. The lowest BCUT2D eigenvalue weighted by atomic mass is 10.1. The topological polar surface area (TPSA) is 80.3 Å². The van der Waals surface area contributed by atoms with Gasteiger partial charge in [-0.15, -0.1) is 0 Å². The Morgan fingerprint density at radius 2 is 2.04 bits per heavy atom. The monoisotopic (exact) mass is 333 g/mol. The quantitative estimate of drug-likeness (QED) is 0.562. The molecule has 0 saturated heterocycles. The van der Waals surface area contributed by atoms with Gasteiger partial charge in [-0.1, -0.05) is 0 Å². The molecule has 1 aromatic rings. The van der Waals surface area contributed by atoms with Gasteiger partial charge in [-0.25, -0.2) is 9.78 Å². The van der Waals surface area contributed by atoms with E-state index in [9.17, 15) is 9.59 Å². The number of ketones is 1. The Morgan fingerprint density at radius 1 is 1.29 bits per heavy atom. The zero-order valence-corrected chi connectivity index (χ0v) is 14.7. The highest BCUT2D eigenvalue weighted by atomic mass is 16.6. The molecule has 1 heterocycles. The summed E-state index contributed by atoms with van der Waals surface area (Å²) in [5, 5.41) is 6.00. The van der Waals surface area contributed by atoms with Gasteiger partial charge >= 0.3 is 6.09 Å². The first-order valence-electron chi connectivity index (χ1n) is 8.57. The second-order valence-corrected chi connectivity index (χ2v) is 7.13. The highest BCUT2D eigenvalue weighted by Gasteiger charge is 2.23. The number of hydrogen-bond donors (Lipinski definition) is 2. The zero-order chi connectivity index (χ0) is 17.6. The van der Waals surface area contributed by atoms with Gasteiger partial charge in [0.2, 0.25) is 0 Å². The minimum Gasteiger partial charge on any atom is -0.444 e. The van der Waals surface area contributed by atoms with Crippen LogP contribution in [0.3, 0.4) is 0 Å². The summed E-state index contributed by atoms with van der Waals surface area (Å²) in [6.07, 6.45) is 5.45. The first-order valence-corrected chi connectivity index (χ1v) is 8.57. The third kappa shape index (κ3) is 6.56. The van der Waals surface area contributed by atoms with E-state index in [1.807, 2.05) is 26.8 Å². The number of Topliss-reactive ketones (excluding diaryl/α,β-unsaturated/α-hetero) is 1. The van der Waals surface area contributed by atoms with Crippen LogP contribution in [0.15, 0.2) is 18.3 Å². The van der Waals surface area contributed by atoms with E-state index < -0.39 is 11.7 Å². The molecule has 2 rings (SSSR count). The number of unbranched alkanes of at least 4 members (excludes halogenated alkanes) is 1. The standard InChI is InChI=1S/C18H27N3O3/c1-18(2,3)24-17(23)20-11-5-4-8-15(22)14-7-6-12-19-16(14)21-13-9-10-13/h6-7,12-13H,4-5,8-11H2,1-3H3,(H,19,21)(H,20,23). The van der Waals surface area contributed by atoms with E-state index >= 15 is 0 Å². The predicted octanol–water partition coefficient (Wildman–Crippen LogP) is 3.53. The average molecular weight is 333 g/mol. The summed E-state index contributed by atoms with van der Waals surface area (Å²) in [6.45, 7) is 5.98. The molecule has 0 bridgehead atoms. The number of alkyl carbamates (subject to hydrolysis) is 1. The van der Waals surface area contributed by atoms with Gasteiger partial charge in [0, 0.05) is 25.2 Å². The molecule has 0 unspecified atom stereocenters. The lowest BCUT2D eigenvalue weighted by molar-refractivity contribution is 0.0527. The molecule has 2 N–H and O–H groups in total. The number of nitrogens with zero attached hydrogens (tertiary/aromatic N) is 1. The highest BCUT2D eigenvalue weighted by molar-refractivity contribution is 6.00. The van der Waals surface area contributed by atoms with Gasteiger partial charge in [-0.3, -0.25) is 4.79 Å². The van der Waals surface area contributed by atoms with E-state index in [1.54, 1.807) is 12.3 Å². The van der Waals surface area contributed by atoms with Crippen molar-refractivity contribution in [3.8, 4) is 0 Å². The van der Waals surface area contributed by atoms with E-state index in [0.29, 0.717) is 36.8 Å². The minimum atomic E-state index is -0.495. The van der Waals surface area contributed by atoms with Gasteiger partial charge in [0.05, 0.1) is 5.56 Å². The van der Waals surface area contributed by atoms with Crippen LogP contribution in [-0.2, 0) is 4.74 Å². The summed E-state index contributed by atoms with van der Waals surface area (Å²) < 4.78 is 5.16. The van der Waals surface area contributed by atoms with Crippen molar-refractivity contribution in [2.24, 2.45) is 0 Å². The Bertz CT molecular complexity index is 577. The van der Waals surface area contributed by atoms with Crippen molar-refractivity contribution in [1.82, 2.24) is 10.3 Å². The third-order valence-electron chi connectivity index (χ3n) is 3.53. The number of carbonyl (C=O) groups is 2. The number of amides is 1. The van der Waals surface area contributed by atoms with Gasteiger partial charge in [0.25, 0.3) is 0 Å². The average Bonchev–Trinajstić information content (AvgIpc) is 3.29. The predicted molar refractivity (Wildman–Crippen MR) is 93.3 cm³/mol. The van der Waals surface area contributed by atoms with Crippen molar-refractivity contribution in [2.75, 3.05) is 11.9 Å². The van der Waals surface area contributed by atoms with Gasteiger partial charge in [0.1, 0.15) is 11.4 Å². The first-order chi connectivity index (χ1) is 11.3. The summed E-state index contributed by atoms with van der Waals surface area (Å²) >= 11 is 0. The van der Waals surface area contributed by atoms with Gasteiger partial charge in [-0.2, -0.15) is 0 Å². The molecule has 0 atom stereocenters. The van der Waals surface area contributed by atoms with E-state index in [4.69, 9.17) is 4.74 Å². The van der Waals surface area contributed by atoms with Crippen LogP contribution in [0.5, 0.6) is 0 Å². The minimum absolute atomic E-state index is 0.0866. The van der Waals surface area contributed by atoms with E-state index in [-0.39, 0.29) is 5.78 Å². The van der Waals surface area contributed by atoms with Crippen molar-refractivity contribution >= 4 is 17.7 Å². The highest BCUT2D eigenvalue weighted by Crippen LogP contribution is 2.26. The maximum atomic E-state index is 12.4. The smallest absolute Gasteiger partial charge is 0.407 e. The Morgan fingerprint density at radius 3 is 2.71 bits per heavy atom. The number of rotatable bonds is 8. The van der Waals surface area contributed by atoms with Crippen molar-refractivity contribution in [3.63, 3.8) is 0 Å². The molecule has 1 saturated carbocycles. The molecular weight excluding hydrogens is 306 g/mol. The Labute approximate surface area is 143 Å². The van der Waals surface area contributed by atoms with E-state index in [2.05, 4.69) is 15.6 Å². The summed E-state index contributed by atoms with van der Waals surface area (Å²) in [6, 6.07) is 4.07. The summed E-state index contributed by atoms with van der Waals surface area (Å²) in [5.74, 6) is 0.778. The fraction of sp³-hybridized carbons (Fsp3) is 0.611. The molecule has 0 spiro atoms. The van der Waals surface area contributed by atoms with Crippen LogP contribution in [0.25, 0.3) is 0 Å². The number of anilines is 1. The van der Waals surface area contributed by atoms with Crippen LogP contribution in [0.4, 0.5) is 10.6 Å². The molecular formula is C18H27N3O3. The molecule has 132 valence electrons. The normalized spacial score (nSPS) is 14.1. The number of aromatic nitrogens is 1. The Kier molecular flexibility index (Phi) is 6.17. The van der Waals surface area contributed by atoms with Gasteiger partial charge < -0.3 is 15.4 Å². The van der Waals surface area contributed by atoms with Crippen molar-refractivity contribution in [3.05, 3.63) is 23.9 Å². The summed E-state index contributed by atoms with van der Waals surface area (Å²) in [7, 11) is 0. The fourth-order valence-corrected chi connectivity index (χ4v) is 2.22. The Balaban J connectivity index is 1.69. The molecule has 0 aromatic carbocycles. The van der Waals surface area contributed by atoms with E-state index in [1.165, 1.54) is 0 Å². The Hall–Kier alpha value is -2.11. The largest absolute Gasteiger partial charge is 0.444 e. The molecule has 0 radical (unpaired) electrons. The van der Waals surface area contributed by atoms with Crippen molar-refractivity contribution in [2.45, 2.75) is 64.5 Å². The lowest BCUT2D eigenvalue weighted by Gasteiger charge is -2.19. The van der Waals surface area contributed by atoms with Crippen LogP contribution in [-0.4, -0.2) is 35.0 Å². The molecule has 1 fully saturated rings. The third-order valence-corrected chi connectivity index (χ3v) is 3.53. The van der Waals surface area contributed by atoms with Crippen LogP contribution in [0.2, 0.25) is 0 Å². The molecule has 0 aliphatic heterocycles. The molecule has 1 aliphatic rings.